The van der Waals surface area contributed by atoms with Crippen LogP contribution in [0.5, 0.6) is 0 Å². The summed E-state index contributed by atoms with van der Waals surface area (Å²) in [6, 6.07) is 0.694. The third-order valence-corrected chi connectivity index (χ3v) is 4.83. The molecule has 0 rings (SSSR count). The summed E-state index contributed by atoms with van der Waals surface area (Å²) >= 11 is 0. The van der Waals surface area contributed by atoms with E-state index in [1.165, 1.54) is 0 Å². The Morgan fingerprint density at radius 3 is 2.25 bits per heavy atom. The molecule has 0 bridgehead atoms. The smallest absolute Gasteiger partial charge is 0.334 e. The Bertz CT molecular complexity index is 148. The zero-order valence-electron chi connectivity index (χ0n) is 8.14. The number of carbonyl (C=O) groups excluding carboxylic acids is 1. The minimum absolute atomic E-state index is 0.0304. The van der Waals surface area contributed by atoms with Crippen LogP contribution in [0.15, 0.2) is 0 Å². The highest BCUT2D eigenvalue weighted by molar-refractivity contribution is 6.66. The fourth-order valence-corrected chi connectivity index (χ4v) is 2.01. The van der Waals surface area contributed by atoms with Crippen molar-refractivity contribution in [2.45, 2.75) is 19.0 Å². The average molecular weight is 191 g/mol. The Labute approximate surface area is 74.5 Å². The molecule has 12 heavy (non-hydrogen) atoms. The van der Waals surface area contributed by atoms with E-state index in [4.69, 9.17) is 8.85 Å². The maximum atomic E-state index is 10.9. The van der Waals surface area contributed by atoms with Gasteiger partial charge in [-0.15, -0.1) is 0 Å². The Hall–Kier alpha value is -0.393. The number of hydrogen-bond donors (Lipinski definition) is 1. The molecule has 72 valence electrons. The Balaban J connectivity index is 3.80. The van der Waals surface area contributed by atoms with Crippen LogP contribution < -0.4 is 5.32 Å². The third-order valence-electron chi connectivity index (χ3n) is 1.95. The standard InChI is InChI=1S/C7H17NO3Si/c1-8-7(9)5-6-12(4,10-2)11-3/h5-6H2,1-4H3,(H,8,9). The fraction of sp³-hybridized carbons (Fsp3) is 0.857. The molecular formula is C7H17NO3Si. The van der Waals surface area contributed by atoms with Gasteiger partial charge in [-0.3, -0.25) is 4.79 Å². The predicted molar refractivity (Wildman–Crippen MR) is 49.1 cm³/mol. The van der Waals surface area contributed by atoms with Gasteiger partial charge in [-0.2, -0.15) is 0 Å². The van der Waals surface area contributed by atoms with E-state index in [1.807, 2.05) is 6.55 Å². The maximum Gasteiger partial charge on any atom is 0.334 e. The first-order valence-electron chi connectivity index (χ1n) is 3.89. The highest BCUT2D eigenvalue weighted by Crippen LogP contribution is 2.12. The molecule has 0 aromatic rings. The lowest BCUT2D eigenvalue weighted by atomic mass is 10.5. The SMILES string of the molecule is CNC(=O)CC[Si](C)(OC)OC. The molecule has 0 aliphatic rings. The van der Waals surface area contributed by atoms with Gasteiger partial charge in [-0.25, -0.2) is 0 Å². The zero-order valence-corrected chi connectivity index (χ0v) is 9.14. The van der Waals surface area contributed by atoms with Crippen molar-refractivity contribution >= 4 is 14.5 Å². The van der Waals surface area contributed by atoms with Crippen molar-refractivity contribution in [3.8, 4) is 0 Å². The second-order valence-electron chi connectivity index (χ2n) is 2.72. The minimum atomic E-state index is -2.04. The van der Waals surface area contributed by atoms with E-state index in [9.17, 15) is 4.79 Å². The van der Waals surface area contributed by atoms with Gasteiger partial charge in [0.15, 0.2) is 0 Å². The van der Waals surface area contributed by atoms with Gasteiger partial charge in [0, 0.05) is 27.7 Å². The molecule has 0 atom stereocenters. The summed E-state index contributed by atoms with van der Waals surface area (Å²) in [5, 5.41) is 2.56. The molecule has 5 heteroatoms. The quantitative estimate of drug-likeness (QED) is 0.643. The van der Waals surface area contributed by atoms with Crippen LogP contribution in [0.3, 0.4) is 0 Å². The van der Waals surface area contributed by atoms with Crippen molar-refractivity contribution in [3.63, 3.8) is 0 Å². The van der Waals surface area contributed by atoms with Gasteiger partial charge in [0.1, 0.15) is 0 Å². The van der Waals surface area contributed by atoms with Crippen LogP contribution in [0.4, 0.5) is 0 Å². The average Bonchev–Trinajstić information content (AvgIpc) is 2.13. The van der Waals surface area contributed by atoms with Crippen LogP contribution >= 0.6 is 0 Å². The second-order valence-corrected chi connectivity index (χ2v) is 6.30. The zero-order chi connectivity index (χ0) is 9.61. The van der Waals surface area contributed by atoms with Crippen LogP contribution in [0.25, 0.3) is 0 Å². The third kappa shape index (κ3) is 3.84. The molecule has 0 saturated carbocycles. The lowest BCUT2D eigenvalue weighted by Crippen LogP contribution is -2.37. The van der Waals surface area contributed by atoms with Gasteiger partial charge in [-0.05, 0) is 12.6 Å². The van der Waals surface area contributed by atoms with Gasteiger partial charge >= 0.3 is 8.56 Å². The van der Waals surface area contributed by atoms with Crippen molar-refractivity contribution in [1.29, 1.82) is 0 Å². The number of amides is 1. The summed E-state index contributed by atoms with van der Waals surface area (Å²) in [4.78, 5) is 10.9. The largest absolute Gasteiger partial charge is 0.398 e. The normalized spacial score (nSPS) is 11.3. The van der Waals surface area contributed by atoms with Crippen LogP contribution in [0.1, 0.15) is 6.42 Å². The first-order chi connectivity index (χ1) is 5.58. The summed E-state index contributed by atoms with van der Waals surface area (Å²) in [6.45, 7) is 1.94. The summed E-state index contributed by atoms with van der Waals surface area (Å²) in [5.74, 6) is 0.0304. The molecule has 0 radical (unpaired) electrons. The molecule has 0 unspecified atom stereocenters. The molecule has 4 nitrogen and oxygen atoms in total. The summed E-state index contributed by atoms with van der Waals surface area (Å²) < 4.78 is 10.4. The first kappa shape index (κ1) is 11.6. The van der Waals surface area contributed by atoms with Crippen LogP contribution in [0, 0.1) is 0 Å². The Kier molecular flexibility index (Phi) is 5.11. The van der Waals surface area contributed by atoms with Gasteiger partial charge < -0.3 is 14.2 Å². The Morgan fingerprint density at radius 2 is 1.92 bits per heavy atom. The highest BCUT2D eigenvalue weighted by Gasteiger charge is 2.28. The summed E-state index contributed by atoms with van der Waals surface area (Å²) in [6.07, 6.45) is 0.473. The van der Waals surface area contributed by atoms with E-state index >= 15 is 0 Å². The molecule has 0 heterocycles. The highest BCUT2D eigenvalue weighted by atomic mass is 28.4. The topological polar surface area (TPSA) is 47.6 Å². The fourth-order valence-electron chi connectivity index (χ4n) is 0.753. The van der Waals surface area contributed by atoms with E-state index in [1.54, 1.807) is 21.3 Å². The molecule has 1 N–H and O–H groups in total. The van der Waals surface area contributed by atoms with Crippen LogP contribution in [-0.2, 0) is 13.6 Å². The molecule has 0 aliphatic heterocycles. The molecule has 0 saturated heterocycles. The van der Waals surface area contributed by atoms with Gasteiger partial charge in [-0.1, -0.05) is 0 Å². The van der Waals surface area contributed by atoms with Crippen molar-refractivity contribution < 1.29 is 13.6 Å². The second kappa shape index (κ2) is 5.29. The molecule has 0 spiro atoms. The summed E-state index contributed by atoms with van der Waals surface area (Å²) in [5.41, 5.74) is 0. The van der Waals surface area contributed by atoms with Crippen LogP contribution in [0.2, 0.25) is 12.6 Å². The lowest BCUT2D eigenvalue weighted by Gasteiger charge is -2.21. The van der Waals surface area contributed by atoms with Crippen LogP contribution in [-0.4, -0.2) is 35.7 Å². The summed E-state index contributed by atoms with van der Waals surface area (Å²) in [7, 11) is 2.84. The van der Waals surface area contributed by atoms with E-state index in [2.05, 4.69) is 5.32 Å². The van der Waals surface area contributed by atoms with Crippen molar-refractivity contribution in [3.05, 3.63) is 0 Å². The molecule has 0 aromatic carbocycles. The number of rotatable bonds is 5. The lowest BCUT2D eigenvalue weighted by molar-refractivity contribution is -0.120. The van der Waals surface area contributed by atoms with E-state index in [0.29, 0.717) is 12.5 Å². The predicted octanol–water partition coefficient (Wildman–Crippen LogP) is 0.487. The number of hydrogen-bond acceptors (Lipinski definition) is 3. The Morgan fingerprint density at radius 1 is 1.42 bits per heavy atom. The molecule has 0 aliphatic carbocycles. The van der Waals surface area contributed by atoms with Crippen molar-refractivity contribution in [2.75, 3.05) is 21.3 Å². The molecular weight excluding hydrogens is 174 g/mol. The van der Waals surface area contributed by atoms with E-state index in [-0.39, 0.29) is 5.91 Å². The number of nitrogens with one attached hydrogen (secondary N) is 1. The van der Waals surface area contributed by atoms with Gasteiger partial charge in [0.2, 0.25) is 5.91 Å². The van der Waals surface area contributed by atoms with Gasteiger partial charge in [0.25, 0.3) is 0 Å². The van der Waals surface area contributed by atoms with E-state index in [0.717, 1.165) is 0 Å². The monoisotopic (exact) mass is 191 g/mol. The number of carbonyl (C=O) groups is 1. The van der Waals surface area contributed by atoms with Crippen molar-refractivity contribution in [1.82, 2.24) is 5.32 Å². The van der Waals surface area contributed by atoms with E-state index < -0.39 is 8.56 Å². The van der Waals surface area contributed by atoms with Crippen molar-refractivity contribution in [2.24, 2.45) is 0 Å². The minimum Gasteiger partial charge on any atom is -0.398 e. The maximum absolute atomic E-state index is 10.9. The molecule has 0 fully saturated rings. The van der Waals surface area contributed by atoms with Gasteiger partial charge in [0.05, 0.1) is 0 Å². The molecule has 0 aromatic heterocycles. The molecule has 1 amide bonds. The first-order valence-corrected chi connectivity index (χ1v) is 6.41.